The van der Waals surface area contributed by atoms with Gasteiger partial charge in [-0.1, -0.05) is 5.22 Å². The summed E-state index contributed by atoms with van der Waals surface area (Å²) in [5, 5.41) is 7.04. The topological polar surface area (TPSA) is 86.3 Å². The molecule has 0 saturated heterocycles. The van der Waals surface area contributed by atoms with Crippen molar-refractivity contribution < 1.29 is 14.3 Å². The van der Waals surface area contributed by atoms with Crippen molar-refractivity contribution in [3.05, 3.63) is 0 Å². The number of methoxy groups -OCH3 is 2. The average molecular weight is 201 g/mol. The summed E-state index contributed by atoms with van der Waals surface area (Å²) in [6.45, 7) is 0. The van der Waals surface area contributed by atoms with E-state index >= 15 is 0 Å². The molecule has 80 valence electrons. The summed E-state index contributed by atoms with van der Waals surface area (Å²) in [5.41, 5.74) is 0. The molecule has 14 heavy (non-hydrogen) atoms. The molecule has 1 aliphatic carbocycles. The van der Waals surface area contributed by atoms with Crippen molar-refractivity contribution in [1.82, 2.24) is 0 Å². The van der Waals surface area contributed by atoms with Crippen LogP contribution in [0.1, 0.15) is 12.8 Å². The van der Waals surface area contributed by atoms with Gasteiger partial charge < -0.3 is 15.3 Å². The molecule has 2 N–H and O–H groups in total. The summed E-state index contributed by atoms with van der Waals surface area (Å²) in [5.74, 6) is 4.59. The van der Waals surface area contributed by atoms with E-state index in [1.54, 1.807) is 7.11 Å². The van der Waals surface area contributed by atoms with Crippen molar-refractivity contribution in [3.8, 4) is 0 Å². The number of nitrogens with zero attached hydrogens (tertiary/aromatic N) is 2. The minimum atomic E-state index is -0.221. The lowest BCUT2D eigenvalue weighted by Crippen LogP contribution is -2.19. The van der Waals surface area contributed by atoms with Crippen molar-refractivity contribution >= 4 is 5.97 Å². The van der Waals surface area contributed by atoms with Crippen molar-refractivity contribution in [2.24, 2.45) is 22.1 Å². The van der Waals surface area contributed by atoms with Crippen LogP contribution in [0.25, 0.3) is 0 Å². The summed E-state index contributed by atoms with van der Waals surface area (Å²) in [6, 6.07) is -0.130. The third-order valence-corrected chi connectivity index (χ3v) is 2.52. The first-order valence-electron chi connectivity index (χ1n) is 4.43. The van der Waals surface area contributed by atoms with Crippen molar-refractivity contribution in [2.75, 3.05) is 14.2 Å². The molecule has 0 spiro atoms. The summed E-state index contributed by atoms with van der Waals surface area (Å²) in [4.78, 5) is 11.2. The van der Waals surface area contributed by atoms with Gasteiger partial charge in [-0.2, -0.15) is 5.11 Å². The highest BCUT2D eigenvalue weighted by Crippen LogP contribution is 2.31. The Hall–Kier alpha value is -1.17. The molecular formula is C8H15N3O3. The molecule has 1 saturated carbocycles. The molecule has 1 unspecified atom stereocenters. The van der Waals surface area contributed by atoms with Crippen LogP contribution < -0.4 is 5.84 Å². The Kier molecular flexibility index (Phi) is 3.82. The normalized spacial score (nSPS) is 32.3. The van der Waals surface area contributed by atoms with Crippen LogP contribution in [0.5, 0.6) is 0 Å². The first-order valence-corrected chi connectivity index (χ1v) is 4.43. The molecule has 0 aliphatic heterocycles. The predicted octanol–water partition coefficient (Wildman–Crippen LogP) is 0.279. The fourth-order valence-electron chi connectivity index (χ4n) is 1.80. The second-order valence-corrected chi connectivity index (χ2v) is 3.26. The molecule has 0 radical (unpaired) electrons. The Bertz CT molecular complexity index is 232. The molecule has 6 nitrogen and oxygen atoms in total. The summed E-state index contributed by atoms with van der Waals surface area (Å²) < 4.78 is 9.84. The van der Waals surface area contributed by atoms with Crippen molar-refractivity contribution in [3.63, 3.8) is 0 Å². The standard InChI is InChI=1S/C8H15N3O3/c1-13-7-4-5(8(12)14-2)3-6(7)10-11-9/h5-7H,3-4H2,1-2H3,(H2,9,10)/t5?,6-,7-/m0/s1. The molecule has 1 aliphatic rings. The second-order valence-electron chi connectivity index (χ2n) is 3.26. The zero-order chi connectivity index (χ0) is 10.6. The summed E-state index contributed by atoms with van der Waals surface area (Å²) in [6.07, 6.45) is 1.12. The van der Waals surface area contributed by atoms with E-state index in [2.05, 4.69) is 15.1 Å². The molecular weight excluding hydrogens is 186 g/mol. The van der Waals surface area contributed by atoms with Crippen molar-refractivity contribution in [2.45, 2.75) is 25.0 Å². The molecule has 3 atom stereocenters. The van der Waals surface area contributed by atoms with E-state index in [1.807, 2.05) is 0 Å². The molecule has 0 aromatic rings. The van der Waals surface area contributed by atoms with Gasteiger partial charge in [0.2, 0.25) is 0 Å². The van der Waals surface area contributed by atoms with E-state index in [4.69, 9.17) is 10.6 Å². The highest BCUT2D eigenvalue weighted by atomic mass is 16.5. The molecule has 1 fully saturated rings. The SMILES string of the molecule is COC(=O)C1C[C@H](N=NN)[C@@H](OC)C1. The van der Waals surface area contributed by atoms with Gasteiger partial charge in [-0.25, -0.2) is 0 Å². The van der Waals surface area contributed by atoms with Crippen LogP contribution in [0.15, 0.2) is 10.3 Å². The quantitative estimate of drug-likeness (QED) is 0.307. The Morgan fingerprint density at radius 2 is 2.14 bits per heavy atom. The predicted molar refractivity (Wildman–Crippen MR) is 48.4 cm³/mol. The van der Waals surface area contributed by atoms with Gasteiger partial charge in [0, 0.05) is 7.11 Å². The first-order chi connectivity index (χ1) is 6.72. The lowest BCUT2D eigenvalue weighted by molar-refractivity contribution is -0.145. The summed E-state index contributed by atoms with van der Waals surface area (Å²) >= 11 is 0. The molecule has 0 amide bonds. The number of nitrogens with two attached hydrogens (primary N) is 1. The van der Waals surface area contributed by atoms with Crippen LogP contribution in [-0.4, -0.2) is 32.3 Å². The third kappa shape index (κ3) is 2.20. The monoisotopic (exact) mass is 201 g/mol. The van der Waals surface area contributed by atoms with Crippen molar-refractivity contribution in [1.29, 1.82) is 0 Å². The molecule has 0 bridgehead atoms. The zero-order valence-corrected chi connectivity index (χ0v) is 8.34. The molecule has 0 heterocycles. The number of hydrogen-bond acceptors (Lipinski definition) is 5. The third-order valence-electron chi connectivity index (χ3n) is 2.52. The number of carbonyl (C=O) groups is 1. The van der Waals surface area contributed by atoms with E-state index in [0.29, 0.717) is 12.8 Å². The maximum atomic E-state index is 11.2. The number of ether oxygens (including phenoxy) is 2. The first kappa shape index (κ1) is 10.9. The maximum Gasteiger partial charge on any atom is 0.308 e. The van der Waals surface area contributed by atoms with Crippen LogP contribution >= 0.6 is 0 Å². The molecule has 1 rings (SSSR count). The highest BCUT2D eigenvalue weighted by Gasteiger charge is 2.39. The van der Waals surface area contributed by atoms with Gasteiger partial charge in [0.1, 0.15) is 0 Å². The van der Waals surface area contributed by atoms with E-state index in [0.717, 1.165) is 0 Å². The van der Waals surface area contributed by atoms with Crippen LogP contribution in [-0.2, 0) is 14.3 Å². The molecule has 0 aromatic carbocycles. The summed E-state index contributed by atoms with van der Waals surface area (Å²) in [7, 11) is 2.96. The second kappa shape index (κ2) is 4.90. The van der Waals surface area contributed by atoms with E-state index in [1.165, 1.54) is 7.11 Å². The molecule has 0 aromatic heterocycles. The van der Waals surface area contributed by atoms with Gasteiger partial charge in [-0.3, -0.25) is 4.79 Å². The fourth-order valence-corrected chi connectivity index (χ4v) is 1.80. The average Bonchev–Trinajstić information content (AvgIpc) is 2.60. The van der Waals surface area contributed by atoms with Gasteiger partial charge in [-0.05, 0) is 12.8 Å². The van der Waals surface area contributed by atoms with Crippen LogP contribution in [0.2, 0.25) is 0 Å². The Morgan fingerprint density at radius 3 is 2.64 bits per heavy atom. The highest BCUT2D eigenvalue weighted by molar-refractivity contribution is 5.72. The van der Waals surface area contributed by atoms with E-state index < -0.39 is 0 Å². The lowest BCUT2D eigenvalue weighted by Gasteiger charge is -2.10. The zero-order valence-electron chi connectivity index (χ0n) is 8.34. The minimum absolute atomic E-state index is 0.0913. The minimum Gasteiger partial charge on any atom is -0.469 e. The smallest absolute Gasteiger partial charge is 0.308 e. The van der Waals surface area contributed by atoms with Crippen LogP contribution in [0, 0.1) is 5.92 Å². The van der Waals surface area contributed by atoms with Gasteiger partial charge in [0.05, 0.1) is 25.2 Å². The van der Waals surface area contributed by atoms with E-state index in [9.17, 15) is 4.79 Å². The van der Waals surface area contributed by atoms with Crippen LogP contribution in [0.4, 0.5) is 0 Å². The maximum absolute atomic E-state index is 11.2. The molecule has 6 heteroatoms. The Morgan fingerprint density at radius 1 is 1.43 bits per heavy atom. The van der Waals surface area contributed by atoms with E-state index in [-0.39, 0.29) is 24.0 Å². The van der Waals surface area contributed by atoms with Gasteiger partial charge in [0.25, 0.3) is 0 Å². The fraction of sp³-hybridized carbons (Fsp3) is 0.875. The Balaban J connectivity index is 2.60. The number of carbonyl (C=O) groups excluding carboxylic acids is 1. The van der Waals surface area contributed by atoms with Crippen LogP contribution in [0.3, 0.4) is 0 Å². The van der Waals surface area contributed by atoms with Gasteiger partial charge in [-0.15, -0.1) is 0 Å². The largest absolute Gasteiger partial charge is 0.469 e. The van der Waals surface area contributed by atoms with Gasteiger partial charge in [0.15, 0.2) is 0 Å². The number of esters is 1. The Labute approximate surface area is 82.4 Å². The lowest BCUT2D eigenvalue weighted by atomic mass is 10.1. The van der Waals surface area contributed by atoms with Gasteiger partial charge >= 0.3 is 5.97 Å². The number of hydrogen-bond donors (Lipinski definition) is 1. The number of rotatable bonds is 3.